The highest BCUT2D eigenvalue weighted by atomic mass is 16.5. The van der Waals surface area contributed by atoms with Gasteiger partial charge >= 0.3 is 0 Å². The van der Waals surface area contributed by atoms with E-state index >= 15 is 0 Å². The summed E-state index contributed by atoms with van der Waals surface area (Å²) in [6, 6.07) is 2.38. The Balaban J connectivity index is 1.75. The number of hydrogen-bond donors (Lipinski definition) is 0. The molecule has 2 aliphatic rings. The van der Waals surface area contributed by atoms with Gasteiger partial charge in [0.15, 0.2) is 0 Å². The molecule has 0 amide bonds. The minimum absolute atomic E-state index is 0.304. The third-order valence-electron chi connectivity index (χ3n) is 3.74. The highest BCUT2D eigenvalue weighted by molar-refractivity contribution is 4.97. The molecule has 0 unspecified atom stereocenters. The van der Waals surface area contributed by atoms with Crippen LogP contribution in [0.5, 0.6) is 0 Å². The van der Waals surface area contributed by atoms with Gasteiger partial charge in [-0.2, -0.15) is 5.26 Å². The average molecular weight is 208 g/mol. The normalized spacial score (nSPS) is 26.1. The van der Waals surface area contributed by atoms with E-state index in [0.29, 0.717) is 11.3 Å². The van der Waals surface area contributed by atoms with Gasteiger partial charge in [-0.3, -0.25) is 0 Å². The third kappa shape index (κ3) is 2.70. The molecule has 1 saturated carbocycles. The number of hydrogen-bond acceptors (Lipinski definition) is 3. The zero-order valence-electron chi connectivity index (χ0n) is 9.54. The molecule has 1 aliphatic carbocycles. The lowest BCUT2D eigenvalue weighted by Gasteiger charge is -2.32. The first kappa shape index (κ1) is 10.9. The van der Waals surface area contributed by atoms with Crippen LogP contribution in [0.1, 0.15) is 25.7 Å². The highest BCUT2D eigenvalue weighted by Gasteiger charge is 2.44. The predicted molar refractivity (Wildman–Crippen MR) is 58.3 cm³/mol. The molecule has 1 saturated heterocycles. The molecular formula is C12H20N2O. The molecule has 84 valence electrons. The van der Waals surface area contributed by atoms with Crippen LogP contribution in [-0.4, -0.2) is 38.3 Å². The van der Waals surface area contributed by atoms with Gasteiger partial charge in [-0.1, -0.05) is 0 Å². The first-order chi connectivity index (χ1) is 7.28. The van der Waals surface area contributed by atoms with E-state index in [-0.39, 0.29) is 0 Å². The summed E-state index contributed by atoms with van der Waals surface area (Å²) in [4.78, 5) is 2.51. The van der Waals surface area contributed by atoms with Crippen LogP contribution in [-0.2, 0) is 4.74 Å². The van der Waals surface area contributed by atoms with Crippen LogP contribution in [0.4, 0.5) is 0 Å². The van der Waals surface area contributed by atoms with Crippen molar-refractivity contribution in [1.82, 2.24) is 4.90 Å². The third-order valence-corrected chi connectivity index (χ3v) is 3.74. The van der Waals surface area contributed by atoms with Crippen LogP contribution < -0.4 is 0 Å². The lowest BCUT2D eigenvalue weighted by molar-refractivity contribution is 0.0955. The first-order valence-electron chi connectivity index (χ1n) is 5.89. The van der Waals surface area contributed by atoms with Gasteiger partial charge in [-0.25, -0.2) is 0 Å². The van der Waals surface area contributed by atoms with Crippen LogP contribution in [0.2, 0.25) is 0 Å². The molecule has 0 spiro atoms. The Morgan fingerprint density at radius 3 is 2.53 bits per heavy atom. The summed E-state index contributed by atoms with van der Waals surface area (Å²) in [5.74, 6) is 0.304. The molecule has 3 heteroatoms. The molecule has 0 atom stereocenters. The van der Waals surface area contributed by atoms with Crippen molar-refractivity contribution in [3.63, 3.8) is 0 Å². The minimum atomic E-state index is 0.304. The first-order valence-corrected chi connectivity index (χ1v) is 5.89. The Hall–Kier alpha value is -0.590. The maximum Gasteiger partial charge on any atom is 0.0656 e. The zero-order valence-corrected chi connectivity index (χ0v) is 9.54. The second kappa shape index (κ2) is 4.51. The van der Waals surface area contributed by atoms with E-state index in [4.69, 9.17) is 10.00 Å². The number of nitrogens with zero attached hydrogens (tertiary/aromatic N) is 2. The second-order valence-corrected chi connectivity index (χ2v) is 5.11. The number of ether oxygens (including phenoxy) is 1. The largest absolute Gasteiger partial charge is 0.384 e. The molecule has 1 aliphatic heterocycles. The van der Waals surface area contributed by atoms with Crippen molar-refractivity contribution in [2.24, 2.45) is 11.3 Å². The van der Waals surface area contributed by atoms with Crippen LogP contribution in [0.3, 0.4) is 0 Å². The molecule has 2 fully saturated rings. The van der Waals surface area contributed by atoms with Gasteiger partial charge in [0.25, 0.3) is 0 Å². The summed E-state index contributed by atoms with van der Waals surface area (Å²) in [6.07, 6.45) is 4.75. The van der Waals surface area contributed by atoms with E-state index in [9.17, 15) is 0 Å². The summed E-state index contributed by atoms with van der Waals surface area (Å²) >= 11 is 0. The van der Waals surface area contributed by atoms with Crippen LogP contribution in [0.25, 0.3) is 0 Å². The SMILES string of the molecule is COCC1(CN2CCC(C#N)CC2)CC1. The Kier molecular flexibility index (Phi) is 3.28. The van der Waals surface area contributed by atoms with E-state index in [1.54, 1.807) is 7.11 Å². The van der Waals surface area contributed by atoms with Gasteiger partial charge in [0, 0.05) is 25.0 Å². The molecule has 1 heterocycles. The monoisotopic (exact) mass is 208 g/mol. The lowest BCUT2D eigenvalue weighted by Crippen LogP contribution is -2.38. The van der Waals surface area contributed by atoms with E-state index < -0.39 is 0 Å². The van der Waals surface area contributed by atoms with Crippen molar-refractivity contribution >= 4 is 0 Å². The molecule has 2 rings (SSSR count). The van der Waals surface area contributed by atoms with E-state index in [1.807, 2.05) is 0 Å². The van der Waals surface area contributed by atoms with Crippen molar-refractivity contribution < 1.29 is 4.74 Å². The summed E-state index contributed by atoms with van der Waals surface area (Å²) in [5, 5.41) is 8.82. The van der Waals surface area contributed by atoms with Crippen molar-refractivity contribution in [2.45, 2.75) is 25.7 Å². The van der Waals surface area contributed by atoms with Gasteiger partial charge in [-0.15, -0.1) is 0 Å². The molecule has 0 N–H and O–H groups in total. The summed E-state index contributed by atoms with van der Waals surface area (Å²) in [5.41, 5.74) is 0.466. The van der Waals surface area contributed by atoms with Gasteiger partial charge < -0.3 is 9.64 Å². The van der Waals surface area contributed by atoms with E-state index in [1.165, 1.54) is 19.4 Å². The second-order valence-electron chi connectivity index (χ2n) is 5.11. The fraction of sp³-hybridized carbons (Fsp3) is 0.917. The standard InChI is InChI=1S/C12H20N2O/c1-15-10-12(4-5-12)9-14-6-2-11(8-13)3-7-14/h11H,2-7,9-10H2,1H3. The van der Waals surface area contributed by atoms with E-state index in [0.717, 1.165) is 32.5 Å². The molecular weight excluding hydrogens is 188 g/mol. The fourth-order valence-corrected chi connectivity index (χ4v) is 2.53. The number of likely N-dealkylation sites (tertiary alicyclic amines) is 1. The van der Waals surface area contributed by atoms with Crippen LogP contribution >= 0.6 is 0 Å². The van der Waals surface area contributed by atoms with Gasteiger partial charge in [-0.05, 0) is 38.8 Å². The summed E-state index contributed by atoms with van der Waals surface area (Å²) < 4.78 is 5.27. The van der Waals surface area contributed by atoms with Crippen molar-refractivity contribution in [2.75, 3.05) is 33.4 Å². The number of nitriles is 1. The Bertz CT molecular complexity index is 247. The van der Waals surface area contributed by atoms with Crippen LogP contribution in [0, 0.1) is 22.7 Å². The Morgan fingerprint density at radius 1 is 1.40 bits per heavy atom. The quantitative estimate of drug-likeness (QED) is 0.705. The van der Waals surface area contributed by atoms with Crippen LogP contribution in [0.15, 0.2) is 0 Å². The maximum absolute atomic E-state index is 8.82. The maximum atomic E-state index is 8.82. The molecule has 0 aromatic heterocycles. The van der Waals surface area contributed by atoms with Gasteiger partial charge in [0.2, 0.25) is 0 Å². The number of methoxy groups -OCH3 is 1. The molecule has 0 radical (unpaired) electrons. The van der Waals surface area contributed by atoms with Crippen molar-refractivity contribution in [3.05, 3.63) is 0 Å². The summed E-state index contributed by atoms with van der Waals surface area (Å²) in [7, 11) is 1.79. The minimum Gasteiger partial charge on any atom is -0.384 e. The molecule has 0 aromatic rings. The molecule has 3 nitrogen and oxygen atoms in total. The fourth-order valence-electron chi connectivity index (χ4n) is 2.53. The topological polar surface area (TPSA) is 36.3 Å². The van der Waals surface area contributed by atoms with Gasteiger partial charge in [0.1, 0.15) is 0 Å². The smallest absolute Gasteiger partial charge is 0.0656 e. The lowest BCUT2D eigenvalue weighted by atomic mass is 9.97. The molecule has 15 heavy (non-hydrogen) atoms. The summed E-state index contributed by atoms with van der Waals surface area (Å²) in [6.45, 7) is 4.29. The number of rotatable bonds is 4. The predicted octanol–water partition coefficient (Wildman–Crippen LogP) is 1.65. The van der Waals surface area contributed by atoms with Crippen molar-refractivity contribution in [1.29, 1.82) is 5.26 Å². The highest BCUT2D eigenvalue weighted by Crippen LogP contribution is 2.46. The zero-order chi connectivity index (χ0) is 10.7. The number of piperidine rings is 1. The van der Waals surface area contributed by atoms with E-state index in [2.05, 4.69) is 11.0 Å². The average Bonchev–Trinajstić information content (AvgIpc) is 3.00. The van der Waals surface area contributed by atoms with Gasteiger partial charge in [0.05, 0.1) is 12.7 Å². The Labute approximate surface area is 92.0 Å². The van der Waals surface area contributed by atoms with Crippen molar-refractivity contribution in [3.8, 4) is 6.07 Å². The molecule has 0 aromatic carbocycles. The molecule has 0 bridgehead atoms. The Morgan fingerprint density at radius 2 is 2.07 bits per heavy atom.